The van der Waals surface area contributed by atoms with Crippen molar-refractivity contribution < 1.29 is 4.79 Å². The third kappa shape index (κ3) is 4.48. The number of para-hydroxylation sites is 2. The summed E-state index contributed by atoms with van der Waals surface area (Å²) in [4.78, 5) is 23.1. The number of nitrogens with zero attached hydrogens (tertiary/aromatic N) is 4. The van der Waals surface area contributed by atoms with Crippen LogP contribution in [0.2, 0.25) is 0 Å². The summed E-state index contributed by atoms with van der Waals surface area (Å²) in [6.07, 6.45) is 4.29. The Morgan fingerprint density at radius 1 is 1.17 bits per heavy atom. The molecule has 2 aliphatic rings. The number of H-pyrrole nitrogens is 1. The lowest BCUT2D eigenvalue weighted by atomic mass is 10.1. The first kappa shape index (κ1) is 22.6. The maximum atomic E-state index is 13.0. The van der Waals surface area contributed by atoms with Gasteiger partial charge in [-0.2, -0.15) is 5.10 Å². The molecule has 7 nitrogen and oxygen atoms in total. The average molecular weight is 451 g/mol. The minimum absolute atomic E-state index is 0. The van der Waals surface area contributed by atoms with Crippen LogP contribution in [-0.4, -0.2) is 43.6 Å². The van der Waals surface area contributed by atoms with E-state index in [0.29, 0.717) is 12.8 Å². The summed E-state index contributed by atoms with van der Waals surface area (Å²) in [5.41, 5.74) is 4.24. The smallest absolute Gasteiger partial charge is 0.223 e. The van der Waals surface area contributed by atoms with Gasteiger partial charge in [0, 0.05) is 32.5 Å². The van der Waals surface area contributed by atoms with Crippen molar-refractivity contribution in [1.29, 1.82) is 0 Å². The number of hydrogen-bond donors (Lipinski definition) is 2. The number of imidazole rings is 1. The number of fused-ring (bicyclic) bond motifs is 2. The summed E-state index contributed by atoms with van der Waals surface area (Å²) in [7, 11) is 0. The topological polar surface area (TPSA) is 78.8 Å². The number of likely N-dealkylation sites (tertiary alicyclic amines) is 1. The van der Waals surface area contributed by atoms with E-state index in [-0.39, 0.29) is 36.8 Å². The zero-order chi connectivity index (χ0) is 18.9. The molecule has 2 N–H and O–H groups in total. The first-order chi connectivity index (χ1) is 13.8. The van der Waals surface area contributed by atoms with Crippen LogP contribution in [0.1, 0.15) is 48.9 Å². The van der Waals surface area contributed by atoms with E-state index in [1.807, 2.05) is 29.2 Å². The number of amides is 1. The Morgan fingerprint density at radius 3 is 2.90 bits per heavy atom. The van der Waals surface area contributed by atoms with Crippen LogP contribution in [0.25, 0.3) is 11.0 Å². The molecule has 1 atom stereocenters. The number of halogens is 2. The van der Waals surface area contributed by atoms with Crippen LogP contribution >= 0.6 is 24.8 Å². The summed E-state index contributed by atoms with van der Waals surface area (Å²) in [5, 5.41) is 8.12. The molecule has 30 heavy (non-hydrogen) atoms. The molecule has 162 valence electrons. The minimum atomic E-state index is 0. The van der Waals surface area contributed by atoms with Crippen molar-refractivity contribution in [3.63, 3.8) is 0 Å². The monoisotopic (exact) mass is 450 g/mol. The van der Waals surface area contributed by atoms with Crippen LogP contribution in [-0.2, 0) is 24.3 Å². The van der Waals surface area contributed by atoms with Crippen LogP contribution in [0.3, 0.4) is 0 Å². The molecule has 1 unspecified atom stereocenters. The minimum Gasteiger partial charge on any atom is -0.340 e. The van der Waals surface area contributed by atoms with E-state index in [0.717, 1.165) is 68.0 Å². The number of aromatic amines is 1. The molecule has 1 aromatic carbocycles. The van der Waals surface area contributed by atoms with E-state index in [9.17, 15) is 4.79 Å². The molecule has 1 saturated heterocycles. The predicted octanol–water partition coefficient (Wildman–Crippen LogP) is 3.39. The lowest BCUT2D eigenvalue weighted by Gasteiger charge is -2.23. The zero-order valence-corrected chi connectivity index (χ0v) is 18.5. The highest BCUT2D eigenvalue weighted by Crippen LogP contribution is 2.32. The third-order valence-corrected chi connectivity index (χ3v) is 5.83. The Morgan fingerprint density at radius 2 is 2.03 bits per heavy atom. The van der Waals surface area contributed by atoms with E-state index in [2.05, 4.69) is 21.0 Å². The van der Waals surface area contributed by atoms with Gasteiger partial charge in [-0.15, -0.1) is 24.8 Å². The molecule has 5 rings (SSSR count). The first-order valence-corrected chi connectivity index (χ1v) is 10.3. The van der Waals surface area contributed by atoms with Crippen molar-refractivity contribution >= 4 is 41.8 Å². The van der Waals surface area contributed by atoms with E-state index in [1.54, 1.807) is 0 Å². The number of benzene rings is 1. The Labute approximate surface area is 188 Å². The first-order valence-electron chi connectivity index (χ1n) is 10.3. The van der Waals surface area contributed by atoms with Gasteiger partial charge in [-0.3, -0.25) is 9.48 Å². The molecule has 2 aromatic heterocycles. The molecule has 1 fully saturated rings. The zero-order valence-electron chi connectivity index (χ0n) is 16.8. The lowest BCUT2D eigenvalue weighted by Crippen LogP contribution is -2.31. The van der Waals surface area contributed by atoms with Crippen LogP contribution in [0, 0.1) is 0 Å². The van der Waals surface area contributed by atoms with Gasteiger partial charge in [0.25, 0.3) is 0 Å². The van der Waals surface area contributed by atoms with E-state index in [4.69, 9.17) is 10.1 Å². The molecule has 9 heteroatoms. The van der Waals surface area contributed by atoms with Crippen molar-refractivity contribution in [1.82, 2.24) is 30.0 Å². The second-order valence-electron chi connectivity index (χ2n) is 7.76. The van der Waals surface area contributed by atoms with Gasteiger partial charge in [-0.25, -0.2) is 4.98 Å². The highest BCUT2D eigenvalue weighted by Gasteiger charge is 2.31. The van der Waals surface area contributed by atoms with Crippen molar-refractivity contribution in [3.05, 3.63) is 47.5 Å². The predicted molar refractivity (Wildman–Crippen MR) is 121 cm³/mol. The highest BCUT2D eigenvalue weighted by atomic mass is 35.5. The maximum absolute atomic E-state index is 13.0. The Hall–Kier alpha value is -2.09. The molecule has 0 aliphatic carbocycles. The summed E-state index contributed by atoms with van der Waals surface area (Å²) in [6, 6.07) is 10.2. The fourth-order valence-corrected chi connectivity index (χ4v) is 4.40. The second kappa shape index (κ2) is 9.81. The highest BCUT2D eigenvalue weighted by molar-refractivity contribution is 5.85. The SMILES string of the molecule is Cl.Cl.O=C(CCc1cc2n(n1)CCCNC2)N1CCCC1c1nc2ccccc2[nH]1. The largest absolute Gasteiger partial charge is 0.340 e. The number of aromatic nitrogens is 4. The number of aryl methyl sites for hydroxylation is 2. The van der Waals surface area contributed by atoms with Gasteiger partial charge < -0.3 is 15.2 Å². The molecule has 2 aliphatic heterocycles. The van der Waals surface area contributed by atoms with Gasteiger partial charge in [0.05, 0.1) is 28.5 Å². The van der Waals surface area contributed by atoms with Gasteiger partial charge in [0.2, 0.25) is 5.91 Å². The van der Waals surface area contributed by atoms with E-state index >= 15 is 0 Å². The number of carbonyl (C=O) groups is 1. The Bertz CT molecular complexity index is 944. The number of hydrogen-bond acceptors (Lipinski definition) is 4. The molecule has 0 bridgehead atoms. The number of nitrogens with one attached hydrogen (secondary N) is 2. The Kier molecular flexibility index (Phi) is 7.39. The molecule has 4 heterocycles. The molecular formula is C21H28Cl2N6O. The molecule has 1 amide bonds. The van der Waals surface area contributed by atoms with Crippen molar-refractivity contribution in [2.45, 2.75) is 51.2 Å². The van der Waals surface area contributed by atoms with Crippen molar-refractivity contribution in [2.24, 2.45) is 0 Å². The number of rotatable bonds is 4. The quantitative estimate of drug-likeness (QED) is 0.638. The van der Waals surface area contributed by atoms with Crippen molar-refractivity contribution in [2.75, 3.05) is 13.1 Å². The normalized spacial score (nSPS) is 18.4. The van der Waals surface area contributed by atoms with Crippen molar-refractivity contribution in [3.8, 4) is 0 Å². The van der Waals surface area contributed by atoms with Crippen LogP contribution < -0.4 is 5.32 Å². The van der Waals surface area contributed by atoms with Gasteiger partial charge in [-0.1, -0.05) is 12.1 Å². The standard InChI is InChI=1S/C21H26N6O.2ClH/c28-20(9-8-15-13-16-14-22-10-4-12-27(16)25-15)26-11-3-7-19(26)21-23-17-5-1-2-6-18(17)24-21;;/h1-2,5-6,13,19,22H,3-4,7-12,14H2,(H,23,24);2*1H. The fourth-order valence-electron chi connectivity index (χ4n) is 4.40. The Balaban J connectivity index is 0.00000128. The summed E-state index contributed by atoms with van der Waals surface area (Å²) < 4.78 is 2.09. The second-order valence-corrected chi connectivity index (χ2v) is 7.76. The summed E-state index contributed by atoms with van der Waals surface area (Å²) in [6.45, 7) is 3.66. The van der Waals surface area contributed by atoms with Crippen LogP contribution in [0.4, 0.5) is 0 Å². The third-order valence-electron chi connectivity index (χ3n) is 5.83. The summed E-state index contributed by atoms with van der Waals surface area (Å²) >= 11 is 0. The molecule has 0 saturated carbocycles. The van der Waals surface area contributed by atoms with Gasteiger partial charge in [-0.05, 0) is 44.0 Å². The lowest BCUT2D eigenvalue weighted by molar-refractivity contribution is -0.132. The molecule has 0 radical (unpaired) electrons. The fraction of sp³-hybridized carbons (Fsp3) is 0.476. The van der Waals surface area contributed by atoms with Gasteiger partial charge in [0.1, 0.15) is 5.82 Å². The van der Waals surface area contributed by atoms with Crippen LogP contribution in [0.15, 0.2) is 30.3 Å². The average Bonchev–Trinajstić information content (AvgIpc) is 3.41. The van der Waals surface area contributed by atoms with Gasteiger partial charge in [0.15, 0.2) is 0 Å². The molecule has 0 spiro atoms. The van der Waals surface area contributed by atoms with E-state index < -0.39 is 0 Å². The maximum Gasteiger partial charge on any atom is 0.223 e. The van der Waals surface area contributed by atoms with Gasteiger partial charge >= 0.3 is 0 Å². The summed E-state index contributed by atoms with van der Waals surface area (Å²) in [5.74, 6) is 1.11. The molecular weight excluding hydrogens is 423 g/mol. The molecule has 3 aromatic rings. The van der Waals surface area contributed by atoms with E-state index in [1.165, 1.54) is 5.69 Å². The number of carbonyl (C=O) groups excluding carboxylic acids is 1. The van der Waals surface area contributed by atoms with Crippen LogP contribution in [0.5, 0.6) is 0 Å².